The number of imide groups is 2. The van der Waals surface area contributed by atoms with Crippen LogP contribution in [-0.4, -0.2) is 101 Å². The second kappa shape index (κ2) is 19.0. The summed E-state index contributed by atoms with van der Waals surface area (Å²) in [4.78, 5) is 97.8. The molecule has 3 aliphatic heterocycles. The number of carbonyl (C=O) groups is 7. The Balaban J connectivity index is 0.782. The number of nitrogens with one attached hydrogen (secondary N) is 4. The molecule has 0 aliphatic carbocycles. The molecule has 0 bridgehead atoms. The van der Waals surface area contributed by atoms with E-state index < -0.39 is 47.4 Å². The van der Waals surface area contributed by atoms with E-state index in [9.17, 15) is 33.6 Å². The van der Waals surface area contributed by atoms with Crippen molar-refractivity contribution < 1.29 is 43.0 Å². The molecule has 2 fully saturated rings. The van der Waals surface area contributed by atoms with Gasteiger partial charge in [-0.2, -0.15) is 0 Å². The molecular formula is C47H48N8O9S. The third-order valence-electron chi connectivity index (χ3n) is 11.3. The lowest BCUT2D eigenvalue weighted by Crippen LogP contribution is -2.54. The molecule has 65 heavy (non-hydrogen) atoms. The summed E-state index contributed by atoms with van der Waals surface area (Å²) in [6.07, 6.45) is 3.71. The van der Waals surface area contributed by atoms with E-state index in [0.717, 1.165) is 21.7 Å². The third kappa shape index (κ3) is 10.2. The zero-order chi connectivity index (χ0) is 45.8. The molecule has 8 rings (SSSR count). The van der Waals surface area contributed by atoms with Crippen LogP contribution in [0.25, 0.3) is 11.3 Å². The van der Waals surface area contributed by atoms with E-state index in [1.807, 2.05) is 78.3 Å². The maximum atomic E-state index is 13.6. The number of carbonyl (C=O) groups excluding carboxylic acids is 7. The van der Waals surface area contributed by atoms with Gasteiger partial charge in [-0.05, 0) is 69.2 Å². The summed E-state index contributed by atoms with van der Waals surface area (Å²) in [6, 6.07) is 22.1. The highest BCUT2D eigenvalue weighted by molar-refractivity contribution is 7.14. The fraction of sp³-hybridized carbons (Fsp3) is 0.319. The number of hydrogen-bond acceptors (Lipinski definition) is 12. The number of thiazole rings is 1. The summed E-state index contributed by atoms with van der Waals surface area (Å²) >= 11 is 1.26. The van der Waals surface area contributed by atoms with Crippen molar-refractivity contribution in [1.82, 2.24) is 25.1 Å². The van der Waals surface area contributed by atoms with E-state index >= 15 is 0 Å². The Morgan fingerprint density at radius 2 is 1.65 bits per heavy atom. The van der Waals surface area contributed by atoms with Crippen LogP contribution in [0.2, 0.25) is 0 Å². The number of hydrogen-bond donors (Lipinski definition) is 4. The molecule has 2 atom stereocenters. The minimum absolute atomic E-state index is 0.0507. The van der Waals surface area contributed by atoms with Crippen LogP contribution in [-0.2, 0) is 40.8 Å². The number of piperidine rings is 1. The first-order valence-electron chi connectivity index (χ1n) is 21.2. The molecule has 3 aliphatic rings. The molecule has 4 N–H and O–H groups in total. The van der Waals surface area contributed by atoms with Gasteiger partial charge in [0.05, 0.1) is 48.4 Å². The monoisotopic (exact) mass is 900 g/mol. The molecule has 7 amide bonds. The van der Waals surface area contributed by atoms with Crippen LogP contribution < -0.4 is 26.2 Å². The van der Waals surface area contributed by atoms with Crippen molar-refractivity contribution in [3.8, 4) is 11.3 Å². The van der Waals surface area contributed by atoms with E-state index in [4.69, 9.17) is 9.47 Å². The van der Waals surface area contributed by atoms with E-state index in [0.29, 0.717) is 35.2 Å². The van der Waals surface area contributed by atoms with E-state index in [1.165, 1.54) is 11.3 Å². The van der Waals surface area contributed by atoms with Gasteiger partial charge in [0.25, 0.3) is 17.7 Å². The summed E-state index contributed by atoms with van der Waals surface area (Å²) < 4.78 is 13.8. The molecule has 18 heteroatoms. The zero-order valence-corrected chi connectivity index (χ0v) is 36.8. The number of ether oxygens (including phenoxy) is 2. The van der Waals surface area contributed by atoms with Crippen LogP contribution in [0.15, 0.2) is 96.6 Å². The Morgan fingerprint density at radius 1 is 0.908 bits per heavy atom. The maximum absolute atomic E-state index is 13.6. The first-order chi connectivity index (χ1) is 31.2. The number of benzene rings is 3. The topological polar surface area (TPSA) is 210 Å². The largest absolute Gasteiger partial charge is 0.375 e. The number of amides is 7. The van der Waals surface area contributed by atoms with Crippen molar-refractivity contribution in [2.24, 2.45) is 5.92 Å². The Hall–Kier alpha value is -7.02. The smallest absolute Gasteiger partial charge is 0.262 e. The summed E-state index contributed by atoms with van der Waals surface area (Å²) in [5, 5.41) is 12.9. The van der Waals surface area contributed by atoms with Gasteiger partial charge < -0.3 is 34.9 Å². The average molecular weight is 901 g/mol. The second-order valence-corrected chi connectivity index (χ2v) is 17.8. The standard InChI is InChI=1S/C47H48N8O9S/c1-47(2,3)54-19-17-31(22-54)49-41(58)36(42(59)52-46-50-37(27-65-46)29-7-5-4-6-8-29)26-63-25-28-9-11-30(12-10-28)40(57)48-18-20-64-33-23-53(24-33)32-13-14-34-35(21-32)45(62)55(44(34)61)38-15-16-39(56)51-43(38)60/h4-14,17,19,21-22,27,33,36,38H,15-16,18,20,23-26H2,1-3H3,(H,48,57)(H,49,58)(H,50,52,59)(H,51,56,60)/t36-,38?/m0/s1. The van der Waals surface area contributed by atoms with Gasteiger partial charge in [0.15, 0.2) is 5.13 Å². The van der Waals surface area contributed by atoms with Crippen LogP contribution in [0.3, 0.4) is 0 Å². The van der Waals surface area contributed by atoms with Crippen molar-refractivity contribution in [2.75, 3.05) is 48.4 Å². The molecule has 2 saturated heterocycles. The zero-order valence-electron chi connectivity index (χ0n) is 36.0. The Kier molecular flexibility index (Phi) is 13.0. The third-order valence-corrected chi connectivity index (χ3v) is 12.1. The summed E-state index contributed by atoms with van der Waals surface area (Å²) in [6.45, 7) is 7.62. The summed E-state index contributed by atoms with van der Waals surface area (Å²) in [7, 11) is 0. The molecule has 5 aromatic rings. The molecular weight excluding hydrogens is 853 g/mol. The molecule has 0 spiro atoms. The number of rotatable bonds is 16. The highest BCUT2D eigenvalue weighted by Crippen LogP contribution is 2.33. The van der Waals surface area contributed by atoms with Gasteiger partial charge in [0, 0.05) is 66.2 Å². The fourth-order valence-corrected chi connectivity index (χ4v) is 8.32. The van der Waals surface area contributed by atoms with Gasteiger partial charge in [-0.15, -0.1) is 11.3 Å². The van der Waals surface area contributed by atoms with Crippen LogP contribution in [0.1, 0.15) is 70.3 Å². The Labute approximate surface area is 378 Å². The number of nitrogens with zero attached hydrogens (tertiary/aromatic N) is 4. The van der Waals surface area contributed by atoms with Gasteiger partial charge in [-0.1, -0.05) is 42.5 Å². The molecule has 0 saturated carbocycles. The highest BCUT2D eigenvalue weighted by Gasteiger charge is 2.45. The van der Waals surface area contributed by atoms with E-state index in [2.05, 4.69) is 26.3 Å². The summed E-state index contributed by atoms with van der Waals surface area (Å²) in [5.41, 5.74) is 4.30. The molecule has 1 unspecified atom stereocenters. The summed E-state index contributed by atoms with van der Waals surface area (Å²) in [5.74, 6) is -4.78. The minimum Gasteiger partial charge on any atom is -0.375 e. The lowest BCUT2D eigenvalue weighted by Gasteiger charge is -2.40. The average Bonchev–Trinajstić information content (AvgIpc) is 4.01. The van der Waals surface area contributed by atoms with E-state index in [-0.39, 0.29) is 67.9 Å². The van der Waals surface area contributed by atoms with Crippen LogP contribution in [0, 0.1) is 5.92 Å². The fourth-order valence-electron chi connectivity index (χ4n) is 7.60. The second-order valence-electron chi connectivity index (χ2n) is 17.0. The number of fused-ring (bicyclic) bond motifs is 1. The van der Waals surface area contributed by atoms with Crippen LogP contribution in [0.5, 0.6) is 0 Å². The van der Waals surface area contributed by atoms with Crippen molar-refractivity contribution in [1.29, 1.82) is 0 Å². The minimum atomic E-state index is -1.20. The van der Waals surface area contributed by atoms with Gasteiger partial charge >= 0.3 is 0 Å². The van der Waals surface area contributed by atoms with Crippen molar-refractivity contribution in [3.05, 3.63) is 119 Å². The first-order valence-corrected chi connectivity index (χ1v) is 22.1. The predicted octanol–water partition coefficient (Wildman–Crippen LogP) is 4.81. The molecule has 2 aromatic heterocycles. The molecule has 3 aromatic carbocycles. The van der Waals surface area contributed by atoms with Gasteiger partial charge in [0.2, 0.25) is 23.6 Å². The van der Waals surface area contributed by atoms with Gasteiger partial charge in [-0.25, -0.2) is 4.98 Å². The lowest BCUT2D eigenvalue weighted by atomic mass is 10.0. The van der Waals surface area contributed by atoms with Gasteiger partial charge in [0.1, 0.15) is 12.0 Å². The molecule has 336 valence electrons. The normalized spacial score (nSPS) is 16.8. The molecule has 0 radical (unpaired) electrons. The quantitative estimate of drug-likeness (QED) is 0.0600. The highest BCUT2D eigenvalue weighted by atomic mass is 32.1. The Morgan fingerprint density at radius 3 is 2.37 bits per heavy atom. The van der Waals surface area contributed by atoms with E-state index in [1.54, 1.807) is 48.5 Å². The number of anilines is 3. The van der Waals surface area contributed by atoms with Crippen LogP contribution in [0.4, 0.5) is 16.5 Å². The van der Waals surface area contributed by atoms with Crippen molar-refractivity contribution in [3.63, 3.8) is 0 Å². The maximum Gasteiger partial charge on any atom is 0.262 e. The van der Waals surface area contributed by atoms with Crippen LogP contribution >= 0.6 is 11.3 Å². The first kappa shape index (κ1) is 44.6. The molecule has 5 heterocycles. The lowest BCUT2D eigenvalue weighted by molar-refractivity contribution is -0.136. The molecule has 17 nitrogen and oxygen atoms in total. The van der Waals surface area contributed by atoms with Crippen molar-refractivity contribution >= 4 is 69.2 Å². The van der Waals surface area contributed by atoms with Gasteiger partial charge in [-0.3, -0.25) is 43.8 Å². The Bertz CT molecular complexity index is 2630. The van der Waals surface area contributed by atoms with Crippen molar-refractivity contribution in [2.45, 2.75) is 57.9 Å². The number of aromatic nitrogens is 2. The predicted molar refractivity (Wildman–Crippen MR) is 241 cm³/mol. The SMILES string of the molecule is CC(C)(C)n1ccc(NC(=O)[C@H](COCc2ccc(C(=O)NCCOC3CN(c4ccc5c(c4)C(=O)N(C4CCC(=O)NC4=O)C5=O)C3)cc2)C(=O)Nc2nc(-c3ccccc3)cs2)c1.